The molecule has 1 atom stereocenters. The van der Waals surface area contributed by atoms with Crippen molar-refractivity contribution in [2.24, 2.45) is 11.7 Å². The second-order valence-electron chi connectivity index (χ2n) is 6.98. The molecule has 1 aliphatic heterocycles. The average molecular weight is 388 g/mol. The number of likely N-dealkylation sites (tertiary alicyclic amines) is 1. The first-order chi connectivity index (χ1) is 12.9. The molecule has 0 radical (unpaired) electrons. The van der Waals surface area contributed by atoms with Crippen LogP contribution in [0.1, 0.15) is 30.1 Å². The fourth-order valence-corrected chi connectivity index (χ4v) is 4.39. The van der Waals surface area contributed by atoms with Crippen molar-refractivity contribution in [3.05, 3.63) is 60.2 Å². The Morgan fingerprint density at radius 2 is 1.67 bits per heavy atom. The van der Waals surface area contributed by atoms with E-state index >= 15 is 0 Å². The van der Waals surface area contributed by atoms with Gasteiger partial charge in [0.25, 0.3) is 15.9 Å². The lowest BCUT2D eigenvalue weighted by Gasteiger charge is -2.33. The number of hydrogen-bond acceptors (Lipinski definition) is 4. The number of hydrogen-bond donors (Lipinski definition) is 2. The largest absolute Gasteiger partial charge is 0.339 e. The van der Waals surface area contributed by atoms with E-state index in [2.05, 4.69) is 4.72 Å². The number of rotatable bonds is 5. The predicted molar refractivity (Wildman–Crippen MR) is 106 cm³/mol. The summed E-state index contributed by atoms with van der Waals surface area (Å²) < 4.78 is 27.2. The van der Waals surface area contributed by atoms with Gasteiger partial charge in [-0.3, -0.25) is 9.52 Å². The zero-order valence-corrected chi connectivity index (χ0v) is 16.2. The first-order valence-electron chi connectivity index (χ1n) is 9.09. The Labute approximate surface area is 160 Å². The molecule has 27 heavy (non-hydrogen) atoms. The SMILES string of the molecule is CC(N)C1CCN(C(=O)c2ccc(NS(=O)(=O)c3ccccc3)cc2)CC1. The van der Waals surface area contributed by atoms with Crippen LogP contribution in [-0.2, 0) is 10.0 Å². The van der Waals surface area contributed by atoms with Crippen molar-refractivity contribution in [3.8, 4) is 0 Å². The number of amides is 1. The number of nitrogens with one attached hydrogen (secondary N) is 1. The van der Waals surface area contributed by atoms with E-state index in [9.17, 15) is 13.2 Å². The first-order valence-corrected chi connectivity index (χ1v) is 10.6. The van der Waals surface area contributed by atoms with E-state index in [4.69, 9.17) is 5.73 Å². The number of carbonyl (C=O) groups is 1. The van der Waals surface area contributed by atoms with Gasteiger partial charge in [0, 0.05) is 30.4 Å². The second-order valence-corrected chi connectivity index (χ2v) is 8.67. The third-order valence-electron chi connectivity index (χ3n) is 5.01. The van der Waals surface area contributed by atoms with Crippen LogP contribution in [-0.4, -0.2) is 38.4 Å². The summed E-state index contributed by atoms with van der Waals surface area (Å²) in [6.45, 7) is 3.41. The summed E-state index contributed by atoms with van der Waals surface area (Å²) >= 11 is 0. The maximum Gasteiger partial charge on any atom is 0.261 e. The third-order valence-corrected chi connectivity index (χ3v) is 6.41. The van der Waals surface area contributed by atoms with Gasteiger partial charge in [-0.2, -0.15) is 0 Å². The molecule has 1 unspecified atom stereocenters. The normalized spacial score (nSPS) is 16.7. The molecule has 1 saturated heterocycles. The van der Waals surface area contributed by atoms with Gasteiger partial charge in [0.2, 0.25) is 0 Å². The van der Waals surface area contributed by atoms with Crippen molar-refractivity contribution in [1.82, 2.24) is 4.90 Å². The summed E-state index contributed by atoms with van der Waals surface area (Å²) in [7, 11) is -3.64. The predicted octanol–water partition coefficient (Wildman–Crippen LogP) is 2.69. The highest BCUT2D eigenvalue weighted by atomic mass is 32.2. The van der Waals surface area contributed by atoms with Gasteiger partial charge < -0.3 is 10.6 Å². The molecular weight excluding hydrogens is 362 g/mol. The van der Waals surface area contributed by atoms with Crippen molar-refractivity contribution >= 4 is 21.6 Å². The van der Waals surface area contributed by atoms with E-state index in [1.165, 1.54) is 12.1 Å². The Hall–Kier alpha value is -2.38. The molecule has 1 heterocycles. The minimum Gasteiger partial charge on any atom is -0.339 e. The summed E-state index contributed by atoms with van der Waals surface area (Å²) in [6.07, 6.45) is 1.83. The molecule has 2 aromatic carbocycles. The lowest BCUT2D eigenvalue weighted by Crippen LogP contribution is -2.42. The molecule has 2 aromatic rings. The highest BCUT2D eigenvalue weighted by Gasteiger charge is 2.25. The minimum atomic E-state index is -3.64. The van der Waals surface area contributed by atoms with Gasteiger partial charge in [-0.05, 0) is 62.1 Å². The molecule has 6 nitrogen and oxygen atoms in total. The van der Waals surface area contributed by atoms with Crippen molar-refractivity contribution in [2.45, 2.75) is 30.7 Å². The van der Waals surface area contributed by atoms with Gasteiger partial charge >= 0.3 is 0 Å². The molecule has 0 spiro atoms. The quantitative estimate of drug-likeness (QED) is 0.825. The Morgan fingerprint density at radius 1 is 1.07 bits per heavy atom. The molecule has 0 bridgehead atoms. The zero-order chi connectivity index (χ0) is 19.4. The van der Waals surface area contributed by atoms with Gasteiger partial charge in [0.15, 0.2) is 0 Å². The Morgan fingerprint density at radius 3 is 2.22 bits per heavy atom. The number of piperidine rings is 1. The highest BCUT2D eigenvalue weighted by molar-refractivity contribution is 7.92. The standard InChI is InChI=1S/C20H25N3O3S/c1-15(21)16-11-13-23(14-12-16)20(24)17-7-9-18(10-8-17)22-27(25,26)19-5-3-2-4-6-19/h2-10,15-16,22H,11-14,21H2,1H3. The Balaban J connectivity index is 1.64. The van der Waals surface area contributed by atoms with Crippen LogP contribution in [0.5, 0.6) is 0 Å². The van der Waals surface area contributed by atoms with Crippen molar-refractivity contribution < 1.29 is 13.2 Å². The fraction of sp³-hybridized carbons (Fsp3) is 0.350. The third kappa shape index (κ3) is 4.67. The number of nitrogens with zero attached hydrogens (tertiary/aromatic N) is 1. The van der Waals surface area contributed by atoms with Crippen LogP contribution in [0.2, 0.25) is 0 Å². The first kappa shape index (κ1) is 19.4. The van der Waals surface area contributed by atoms with Crippen LogP contribution in [0.3, 0.4) is 0 Å². The maximum absolute atomic E-state index is 12.7. The molecule has 1 amide bonds. The summed E-state index contributed by atoms with van der Waals surface area (Å²) in [6, 6.07) is 14.9. The number of benzene rings is 2. The molecule has 0 aromatic heterocycles. The smallest absolute Gasteiger partial charge is 0.261 e. The lowest BCUT2D eigenvalue weighted by molar-refractivity contribution is 0.0681. The monoisotopic (exact) mass is 387 g/mol. The van der Waals surface area contributed by atoms with Crippen LogP contribution in [0.4, 0.5) is 5.69 Å². The van der Waals surface area contributed by atoms with Gasteiger partial charge in [0.05, 0.1) is 4.90 Å². The number of anilines is 1. The minimum absolute atomic E-state index is 0.0319. The van der Waals surface area contributed by atoms with E-state index in [0.717, 1.165) is 12.8 Å². The highest BCUT2D eigenvalue weighted by Crippen LogP contribution is 2.22. The maximum atomic E-state index is 12.7. The van der Waals surface area contributed by atoms with Crippen LogP contribution in [0, 0.1) is 5.92 Å². The molecule has 3 rings (SSSR count). The van der Waals surface area contributed by atoms with Crippen molar-refractivity contribution in [2.75, 3.05) is 17.8 Å². The molecule has 1 fully saturated rings. The van der Waals surface area contributed by atoms with E-state index < -0.39 is 10.0 Å². The van der Waals surface area contributed by atoms with Crippen LogP contribution >= 0.6 is 0 Å². The van der Waals surface area contributed by atoms with Crippen LogP contribution < -0.4 is 10.5 Å². The van der Waals surface area contributed by atoms with Crippen LogP contribution in [0.25, 0.3) is 0 Å². The zero-order valence-electron chi connectivity index (χ0n) is 15.3. The van der Waals surface area contributed by atoms with Crippen molar-refractivity contribution in [1.29, 1.82) is 0 Å². The van der Waals surface area contributed by atoms with Gasteiger partial charge in [-0.1, -0.05) is 18.2 Å². The van der Waals surface area contributed by atoms with Crippen LogP contribution in [0.15, 0.2) is 59.5 Å². The second kappa shape index (κ2) is 8.10. The summed E-state index contributed by atoms with van der Waals surface area (Å²) in [5, 5.41) is 0. The lowest BCUT2D eigenvalue weighted by atomic mass is 9.90. The Kier molecular flexibility index (Phi) is 5.82. The van der Waals surface area contributed by atoms with Crippen molar-refractivity contribution in [3.63, 3.8) is 0 Å². The number of sulfonamides is 1. The summed E-state index contributed by atoms with van der Waals surface area (Å²) in [5.41, 5.74) is 6.92. The summed E-state index contributed by atoms with van der Waals surface area (Å²) in [4.78, 5) is 14.7. The van der Waals surface area contributed by atoms with Gasteiger partial charge in [0.1, 0.15) is 0 Å². The van der Waals surface area contributed by atoms with E-state index in [0.29, 0.717) is 30.3 Å². The topological polar surface area (TPSA) is 92.5 Å². The van der Waals surface area contributed by atoms with Gasteiger partial charge in [-0.25, -0.2) is 8.42 Å². The molecule has 7 heteroatoms. The van der Waals surface area contributed by atoms with Gasteiger partial charge in [-0.15, -0.1) is 0 Å². The molecular formula is C20H25N3O3S. The average Bonchev–Trinajstić information content (AvgIpc) is 2.68. The van der Waals surface area contributed by atoms with E-state index in [1.54, 1.807) is 42.5 Å². The summed E-state index contributed by atoms with van der Waals surface area (Å²) in [5.74, 6) is 0.430. The van der Waals surface area contributed by atoms with E-state index in [1.807, 2.05) is 11.8 Å². The molecule has 0 saturated carbocycles. The van der Waals surface area contributed by atoms with E-state index in [-0.39, 0.29) is 16.8 Å². The Bertz CT molecular complexity index is 872. The fourth-order valence-electron chi connectivity index (χ4n) is 3.31. The molecule has 3 N–H and O–H groups in total. The molecule has 1 aliphatic rings. The number of carbonyl (C=O) groups excluding carboxylic acids is 1. The number of nitrogens with two attached hydrogens (primary N) is 1. The molecule has 144 valence electrons. The molecule has 0 aliphatic carbocycles.